The minimum atomic E-state index is 0.329. The van der Waals surface area contributed by atoms with Crippen LogP contribution in [0.5, 0.6) is 0 Å². The lowest BCUT2D eigenvalue weighted by Crippen LogP contribution is -2.60. The molecule has 3 heteroatoms. The molecule has 17 heavy (non-hydrogen) atoms. The van der Waals surface area contributed by atoms with Crippen LogP contribution < -0.4 is 5.73 Å². The Hall–Kier alpha value is 0.270. The van der Waals surface area contributed by atoms with Crippen molar-refractivity contribution in [3.05, 3.63) is 0 Å². The topological polar surface area (TPSA) is 29.3 Å². The first kappa shape index (κ1) is 13.7. The highest BCUT2D eigenvalue weighted by atomic mass is 32.2. The molecule has 1 saturated carbocycles. The fraction of sp³-hybridized carbons (Fsp3) is 1.00. The average molecular weight is 256 g/mol. The fourth-order valence-electron chi connectivity index (χ4n) is 3.51. The molecule has 0 amide bonds. The number of thioether (sulfide) groups is 1. The van der Waals surface area contributed by atoms with Gasteiger partial charge in [-0.1, -0.05) is 20.8 Å². The Kier molecular flexibility index (Phi) is 4.43. The lowest BCUT2D eigenvalue weighted by atomic mass is 9.75. The van der Waals surface area contributed by atoms with E-state index in [-0.39, 0.29) is 0 Å². The van der Waals surface area contributed by atoms with Crippen LogP contribution in [0.1, 0.15) is 46.5 Å². The molecule has 1 heterocycles. The summed E-state index contributed by atoms with van der Waals surface area (Å²) in [4.78, 5) is 2.73. The van der Waals surface area contributed by atoms with E-state index in [4.69, 9.17) is 5.73 Å². The summed E-state index contributed by atoms with van der Waals surface area (Å²) in [6, 6.07) is 0. The summed E-state index contributed by atoms with van der Waals surface area (Å²) < 4.78 is 0. The molecule has 0 spiro atoms. The normalized spacial score (nSPS) is 44.8. The van der Waals surface area contributed by atoms with Crippen molar-refractivity contribution >= 4 is 11.8 Å². The summed E-state index contributed by atoms with van der Waals surface area (Å²) >= 11 is 2.14. The van der Waals surface area contributed by atoms with E-state index in [0.717, 1.165) is 23.0 Å². The molecule has 0 aromatic heterocycles. The van der Waals surface area contributed by atoms with Gasteiger partial charge in [0.1, 0.15) is 0 Å². The van der Waals surface area contributed by atoms with E-state index in [1.165, 1.54) is 38.8 Å². The number of nitrogens with zero attached hydrogens (tertiary/aromatic N) is 1. The van der Waals surface area contributed by atoms with Crippen LogP contribution in [-0.4, -0.2) is 40.6 Å². The van der Waals surface area contributed by atoms with Crippen molar-refractivity contribution in [1.29, 1.82) is 0 Å². The van der Waals surface area contributed by atoms with E-state index in [0.29, 0.717) is 5.54 Å². The molecule has 2 N–H and O–H groups in total. The Labute approximate surface area is 111 Å². The van der Waals surface area contributed by atoms with Gasteiger partial charge in [-0.15, -0.1) is 0 Å². The van der Waals surface area contributed by atoms with Gasteiger partial charge < -0.3 is 5.73 Å². The second-order valence-corrected chi connectivity index (χ2v) is 8.15. The minimum Gasteiger partial charge on any atom is -0.329 e. The molecule has 2 aliphatic rings. The maximum absolute atomic E-state index is 6.16. The summed E-state index contributed by atoms with van der Waals surface area (Å²) in [5, 5.41) is 1.53. The van der Waals surface area contributed by atoms with Gasteiger partial charge in [-0.05, 0) is 31.6 Å². The highest BCUT2D eigenvalue weighted by Gasteiger charge is 2.41. The number of rotatable bonds is 2. The third-order valence-electron chi connectivity index (χ3n) is 4.68. The van der Waals surface area contributed by atoms with Crippen molar-refractivity contribution in [3.8, 4) is 0 Å². The van der Waals surface area contributed by atoms with Crippen molar-refractivity contribution in [2.45, 2.75) is 62.5 Å². The zero-order valence-corrected chi connectivity index (χ0v) is 12.4. The summed E-state index contributed by atoms with van der Waals surface area (Å²) in [6.07, 6.45) is 5.36. The Morgan fingerprint density at radius 3 is 2.12 bits per heavy atom. The Balaban J connectivity index is 2.06. The van der Waals surface area contributed by atoms with Crippen LogP contribution in [0.25, 0.3) is 0 Å². The van der Waals surface area contributed by atoms with Crippen LogP contribution in [0.15, 0.2) is 0 Å². The molecule has 100 valence electrons. The molecule has 1 aliphatic heterocycles. The van der Waals surface area contributed by atoms with E-state index >= 15 is 0 Å². The Bertz CT molecular complexity index is 239. The first-order valence-electron chi connectivity index (χ1n) is 7.16. The van der Waals surface area contributed by atoms with Crippen molar-refractivity contribution < 1.29 is 0 Å². The zero-order chi connectivity index (χ0) is 12.5. The van der Waals surface area contributed by atoms with Crippen LogP contribution in [0.4, 0.5) is 0 Å². The maximum Gasteiger partial charge on any atom is 0.0332 e. The predicted molar refractivity (Wildman–Crippen MR) is 77.5 cm³/mol. The molecule has 2 atom stereocenters. The Morgan fingerprint density at radius 2 is 1.65 bits per heavy atom. The molecule has 0 bridgehead atoms. The largest absolute Gasteiger partial charge is 0.329 e. The maximum atomic E-state index is 6.16. The van der Waals surface area contributed by atoms with Crippen LogP contribution in [0.3, 0.4) is 0 Å². The van der Waals surface area contributed by atoms with Gasteiger partial charge in [0.25, 0.3) is 0 Å². The second kappa shape index (κ2) is 5.50. The Morgan fingerprint density at radius 1 is 1.12 bits per heavy atom. The number of hydrogen-bond acceptors (Lipinski definition) is 3. The summed E-state index contributed by atoms with van der Waals surface area (Å²) in [5.41, 5.74) is 6.49. The van der Waals surface area contributed by atoms with Gasteiger partial charge in [0.15, 0.2) is 0 Å². The predicted octanol–water partition coefficient (Wildman–Crippen LogP) is 2.72. The summed E-state index contributed by atoms with van der Waals surface area (Å²) in [7, 11) is 0. The SMILES string of the molecule is CC1CCC(CN)(N2CC(C)SC(C)C2)CC1. The minimum absolute atomic E-state index is 0.329. The van der Waals surface area contributed by atoms with Gasteiger partial charge in [0.2, 0.25) is 0 Å². The van der Waals surface area contributed by atoms with Crippen LogP contribution >= 0.6 is 11.8 Å². The van der Waals surface area contributed by atoms with Crippen molar-refractivity contribution in [3.63, 3.8) is 0 Å². The first-order chi connectivity index (χ1) is 8.05. The van der Waals surface area contributed by atoms with Gasteiger partial charge >= 0.3 is 0 Å². The lowest BCUT2D eigenvalue weighted by Gasteiger charge is -2.51. The molecular weight excluding hydrogens is 228 g/mol. The molecular formula is C14H28N2S. The molecule has 1 aliphatic carbocycles. The molecule has 1 saturated heterocycles. The molecule has 2 fully saturated rings. The van der Waals surface area contributed by atoms with Crippen LogP contribution in [0.2, 0.25) is 0 Å². The second-order valence-electron chi connectivity index (χ2n) is 6.27. The van der Waals surface area contributed by atoms with Gasteiger partial charge in [0, 0.05) is 35.7 Å². The number of hydrogen-bond donors (Lipinski definition) is 1. The molecule has 0 aromatic rings. The first-order valence-corrected chi connectivity index (χ1v) is 8.10. The van der Waals surface area contributed by atoms with E-state index in [1.807, 2.05) is 0 Å². The van der Waals surface area contributed by atoms with E-state index in [2.05, 4.69) is 37.4 Å². The fourth-order valence-corrected chi connectivity index (χ4v) is 4.84. The third kappa shape index (κ3) is 2.99. The quantitative estimate of drug-likeness (QED) is 0.824. The monoisotopic (exact) mass is 256 g/mol. The standard InChI is InChI=1S/C14H28N2S/c1-11-4-6-14(10-15,7-5-11)16-8-12(2)17-13(3)9-16/h11-13H,4-10,15H2,1-3H3. The van der Waals surface area contributed by atoms with Gasteiger partial charge in [-0.25, -0.2) is 0 Å². The third-order valence-corrected chi connectivity index (χ3v) is 5.90. The van der Waals surface area contributed by atoms with Gasteiger partial charge in [-0.3, -0.25) is 4.90 Å². The van der Waals surface area contributed by atoms with Crippen molar-refractivity contribution in [2.75, 3.05) is 19.6 Å². The van der Waals surface area contributed by atoms with Crippen molar-refractivity contribution in [1.82, 2.24) is 4.90 Å². The molecule has 0 radical (unpaired) electrons. The smallest absolute Gasteiger partial charge is 0.0332 e. The van der Waals surface area contributed by atoms with Crippen molar-refractivity contribution in [2.24, 2.45) is 11.7 Å². The molecule has 2 nitrogen and oxygen atoms in total. The van der Waals surface area contributed by atoms with Crippen LogP contribution in [-0.2, 0) is 0 Å². The molecule has 2 unspecified atom stereocenters. The average Bonchev–Trinajstić information content (AvgIpc) is 2.29. The highest BCUT2D eigenvalue weighted by Crippen LogP contribution is 2.39. The summed E-state index contributed by atoms with van der Waals surface area (Å²) in [6.45, 7) is 10.4. The van der Waals surface area contributed by atoms with E-state index < -0.39 is 0 Å². The van der Waals surface area contributed by atoms with E-state index in [1.54, 1.807) is 0 Å². The number of nitrogens with two attached hydrogens (primary N) is 1. The lowest BCUT2D eigenvalue weighted by molar-refractivity contribution is 0.0434. The molecule has 2 rings (SSSR count). The van der Waals surface area contributed by atoms with Gasteiger partial charge in [0.05, 0.1) is 0 Å². The highest BCUT2D eigenvalue weighted by molar-refractivity contribution is 8.00. The molecule has 0 aromatic carbocycles. The van der Waals surface area contributed by atoms with Crippen LogP contribution in [0, 0.1) is 5.92 Å². The van der Waals surface area contributed by atoms with Gasteiger partial charge in [-0.2, -0.15) is 11.8 Å². The summed E-state index contributed by atoms with van der Waals surface area (Å²) in [5.74, 6) is 0.906. The van der Waals surface area contributed by atoms with E-state index in [9.17, 15) is 0 Å². The zero-order valence-electron chi connectivity index (χ0n) is 11.6.